The maximum atomic E-state index is 12.4. The lowest BCUT2D eigenvalue weighted by Crippen LogP contribution is -2.43. The van der Waals surface area contributed by atoms with E-state index in [0.717, 1.165) is 29.2 Å². The molecular weight excluding hydrogens is 394 g/mol. The number of likely N-dealkylation sites (tertiary alicyclic amines) is 1. The second-order valence-corrected chi connectivity index (χ2v) is 7.61. The summed E-state index contributed by atoms with van der Waals surface area (Å²) in [6, 6.07) is 17.2. The average molecular weight is 415 g/mol. The molecule has 31 heavy (non-hydrogen) atoms. The van der Waals surface area contributed by atoms with E-state index < -0.39 is 5.97 Å². The molecule has 1 N–H and O–H groups in total. The molecule has 1 saturated heterocycles. The third kappa shape index (κ3) is 3.94. The van der Waals surface area contributed by atoms with Crippen LogP contribution in [0.3, 0.4) is 0 Å². The lowest BCUT2D eigenvalue weighted by Gasteiger charge is -2.31. The highest BCUT2D eigenvalue weighted by Gasteiger charge is 2.27. The van der Waals surface area contributed by atoms with Crippen LogP contribution in [0.4, 0.5) is 0 Å². The maximum absolute atomic E-state index is 12.4. The van der Waals surface area contributed by atoms with Crippen molar-refractivity contribution in [2.45, 2.75) is 18.9 Å². The van der Waals surface area contributed by atoms with Crippen molar-refractivity contribution in [2.24, 2.45) is 4.99 Å². The van der Waals surface area contributed by atoms with Gasteiger partial charge in [0.25, 0.3) is 5.91 Å². The molecule has 0 bridgehead atoms. The predicted octanol–water partition coefficient (Wildman–Crippen LogP) is 3.47. The first kappa shape index (κ1) is 19.1. The minimum absolute atomic E-state index is 0.0672. The first-order valence-corrected chi connectivity index (χ1v) is 10.3. The molecule has 1 amide bonds. The number of cyclic esters (lactones) is 1. The molecule has 7 heteroatoms. The topological polar surface area (TPSA) is 84.1 Å². The van der Waals surface area contributed by atoms with Gasteiger partial charge in [0.2, 0.25) is 5.90 Å². The van der Waals surface area contributed by atoms with Gasteiger partial charge in [0.1, 0.15) is 0 Å². The first-order chi connectivity index (χ1) is 15.2. The highest BCUT2D eigenvalue weighted by atomic mass is 16.6. The average Bonchev–Trinajstić information content (AvgIpc) is 3.45. The summed E-state index contributed by atoms with van der Waals surface area (Å²) >= 11 is 0. The third-order valence-electron chi connectivity index (χ3n) is 5.56. The zero-order chi connectivity index (χ0) is 21.2. The number of aliphatic imine (C=N–C) groups is 1. The van der Waals surface area contributed by atoms with Crippen molar-refractivity contribution in [1.82, 2.24) is 10.2 Å². The van der Waals surface area contributed by atoms with E-state index in [0.29, 0.717) is 30.4 Å². The smallest absolute Gasteiger partial charge is 0.365 e. The number of piperidine rings is 1. The number of esters is 1. The Morgan fingerprint density at radius 2 is 1.87 bits per heavy atom. The van der Waals surface area contributed by atoms with Crippen LogP contribution < -0.4 is 5.32 Å². The molecule has 0 spiro atoms. The van der Waals surface area contributed by atoms with Crippen molar-refractivity contribution >= 4 is 28.5 Å². The van der Waals surface area contributed by atoms with Gasteiger partial charge in [-0.25, -0.2) is 9.79 Å². The van der Waals surface area contributed by atoms with Crippen LogP contribution in [-0.2, 0) is 9.53 Å². The Bertz CT molecular complexity index is 1180. The summed E-state index contributed by atoms with van der Waals surface area (Å²) in [5.41, 5.74) is 1.09. The number of furan rings is 1. The van der Waals surface area contributed by atoms with E-state index in [9.17, 15) is 9.59 Å². The summed E-state index contributed by atoms with van der Waals surface area (Å²) in [6.07, 6.45) is 4.78. The van der Waals surface area contributed by atoms with E-state index in [1.165, 1.54) is 6.26 Å². The van der Waals surface area contributed by atoms with E-state index >= 15 is 0 Å². The number of hydrogen-bond acceptors (Lipinski definition) is 6. The molecule has 0 aliphatic carbocycles. The fourth-order valence-corrected chi connectivity index (χ4v) is 3.94. The summed E-state index contributed by atoms with van der Waals surface area (Å²) in [7, 11) is 0. The van der Waals surface area contributed by atoms with E-state index in [1.54, 1.807) is 18.3 Å². The molecular formula is C24H21N3O4. The van der Waals surface area contributed by atoms with Gasteiger partial charge in [-0.2, -0.15) is 0 Å². The van der Waals surface area contributed by atoms with Gasteiger partial charge in [-0.1, -0.05) is 36.4 Å². The quantitative estimate of drug-likeness (QED) is 0.521. The zero-order valence-corrected chi connectivity index (χ0v) is 16.8. The molecule has 0 radical (unpaired) electrons. The normalized spacial score (nSPS) is 18.3. The maximum Gasteiger partial charge on any atom is 0.365 e. The monoisotopic (exact) mass is 415 g/mol. The number of carbonyl (C=O) groups is 2. The van der Waals surface area contributed by atoms with Crippen LogP contribution in [0.2, 0.25) is 0 Å². The SMILES string of the molecule is O=C1OC(c2cccc3ccccc23)=NC1=CN1CCC(NC(=O)c2ccco2)CC1. The number of amides is 1. The Labute approximate surface area is 179 Å². The fraction of sp³-hybridized carbons (Fsp3) is 0.208. The molecule has 2 aliphatic rings. The summed E-state index contributed by atoms with van der Waals surface area (Å²) in [5, 5.41) is 5.05. The number of nitrogens with zero attached hydrogens (tertiary/aromatic N) is 2. The molecule has 7 nitrogen and oxygen atoms in total. The Balaban J connectivity index is 1.26. The largest absolute Gasteiger partial charge is 0.459 e. The minimum atomic E-state index is -0.448. The minimum Gasteiger partial charge on any atom is -0.459 e. The van der Waals surface area contributed by atoms with E-state index in [4.69, 9.17) is 9.15 Å². The van der Waals surface area contributed by atoms with E-state index in [1.807, 2.05) is 47.4 Å². The van der Waals surface area contributed by atoms with Gasteiger partial charge in [-0.15, -0.1) is 0 Å². The molecule has 0 atom stereocenters. The number of hydrogen-bond donors (Lipinski definition) is 1. The van der Waals surface area contributed by atoms with Gasteiger partial charge < -0.3 is 19.4 Å². The van der Waals surface area contributed by atoms with Crippen LogP contribution in [0.15, 0.2) is 82.2 Å². The molecule has 156 valence electrons. The van der Waals surface area contributed by atoms with Crippen LogP contribution in [0.1, 0.15) is 29.0 Å². The number of nitrogens with one attached hydrogen (secondary N) is 1. The Morgan fingerprint density at radius 1 is 1.06 bits per heavy atom. The molecule has 0 unspecified atom stereocenters. The highest BCUT2D eigenvalue weighted by molar-refractivity contribution is 6.16. The van der Waals surface area contributed by atoms with Crippen molar-refractivity contribution in [2.75, 3.05) is 13.1 Å². The second kappa shape index (κ2) is 8.10. The van der Waals surface area contributed by atoms with Crippen LogP contribution >= 0.6 is 0 Å². The molecule has 2 aromatic carbocycles. The van der Waals surface area contributed by atoms with Crippen molar-refractivity contribution < 1.29 is 18.7 Å². The second-order valence-electron chi connectivity index (χ2n) is 7.61. The molecule has 1 aromatic heterocycles. The first-order valence-electron chi connectivity index (χ1n) is 10.3. The van der Waals surface area contributed by atoms with Crippen LogP contribution in [0.25, 0.3) is 10.8 Å². The number of rotatable bonds is 4. The van der Waals surface area contributed by atoms with Gasteiger partial charge >= 0.3 is 5.97 Å². The van der Waals surface area contributed by atoms with Gasteiger partial charge in [-0.3, -0.25) is 4.79 Å². The van der Waals surface area contributed by atoms with Gasteiger partial charge in [0.05, 0.1) is 6.26 Å². The fourth-order valence-electron chi connectivity index (χ4n) is 3.94. The summed E-state index contributed by atoms with van der Waals surface area (Å²) < 4.78 is 10.6. The van der Waals surface area contributed by atoms with Crippen molar-refractivity contribution in [3.63, 3.8) is 0 Å². The zero-order valence-electron chi connectivity index (χ0n) is 16.8. The molecule has 3 heterocycles. The predicted molar refractivity (Wildman–Crippen MR) is 115 cm³/mol. The van der Waals surface area contributed by atoms with Crippen molar-refractivity contribution in [3.8, 4) is 0 Å². The molecule has 3 aromatic rings. The Morgan fingerprint density at radius 3 is 2.68 bits per heavy atom. The van der Waals surface area contributed by atoms with Crippen LogP contribution in [-0.4, -0.2) is 41.8 Å². The van der Waals surface area contributed by atoms with Gasteiger partial charge in [0.15, 0.2) is 11.5 Å². The van der Waals surface area contributed by atoms with Crippen LogP contribution in [0, 0.1) is 0 Å². The number of carbonyl (C=O) groups excluding carboxylic acids is 2. The van der Waals surface area contributed by atoms with Crippen molar-refractivity contribution in [1.29, 1.82) is 0 Å². The number of fused-ring (bicyclic) bond motifs is 1. The number of ether oxygens (including phenoxy) is 1. The summed E-state index contributed by atoms with van der Waals surface area (Å²) in [4.78, 5) is 31.1. The molecule has 1 fully saturated rings. The number of benzene rings is 2. The Kier molecular flexibility index (Phi) is 5.00. The highest BCUT2D eigenvalue weighted by Crippen LogP contribution is 2.24. The standard InChI is InChI=1S/C24H21N3O4/c28-22(21-9-4-14-30-21)25-17-10-12-27(13-11-17)15-20-24(29)31-23(26-20)19-8-3-6-16-5-1-2-7-18(16)19/h1-9,14-15,17H,10-13H2,(H,25,28). The van der Waals surface area contributed by atoms with E-state index in [-0.39, 0.29) is 11.9 Å². The lowest BCUT2D eigenvalue weighted by molar-refractivity contribution is -0.130. The molecule has 0 saturated carbocycles. The lowest BCUT2D eigenvalue weighted by atomic mass is 10.0. The van der Waals surface area contributed by atoms with Crippen molar-refractivity contribution in [3.05, 3.63) is 84.1 Å². The molecule has 5 rings (SSSR count). The van der Waals surface area contributed by atoms with Gasteiger partial charge in [-0.05, 0) is 41.8 Å². The van der Waals surface area contributed by atoms with Crippen LogP contribution in [0.5, 0.6) is 0 Å². The Hall–Kier alpha value is -3.87. The third-order valence-corrected chi connectivity index (χ3v) is 5.56. The molecule has 2 aliphatic heterocycles. The summed E-state index contributed by atoms with van der Waals surface area (Å²) in [5.74, 6) is -0.0103. The summed E-state index contributed by atoms with van der Waals surface area (Å²) in [6.45, 7) is 1.41. The van der Waals surface area contributed by atoms with E-state index in [2.05, 4.69) is 10.3 Å². The van der Waals surface area contributed by atoms with Gasteiger partial charge in [0, 0.05) is 30.9 Å².